The third-order valence-corrected chi connectivity index (χ3v) is 4.17. The van der Waals surface area contributed by atoms with E-state index in [1.807, 2.05) is 29.6 Å². The molecule has 1 N–H and O–H groups in total. The Kier molecular flexibility index (Phi) is 5.76. The van der Waals surface area contributed by atoms with Crippen molar-refractivity contribution in [2.75, 3.05) is 5.32 Å². The van der Waals surface area contributed by atoms with Crippen LogP contribution in [0.4, 0.5) is 5.13 Å². The molecule has 0 aliphatic carbocycles. The van der Waals surface area contributed by atoms with Gasteiger partial charge in [-0.1, -0.05) is 37.6 Å². The van der Waals surface area contributed by atoms with E-state index < -0.39 is 0 Å². The molecular weight excluding hydrogens is 304 g/mol. The van der Waals surface area contributed by atoms with Crippen molar-refractivity contribution in [3.63, 3.8) is 0 Å². The first-order valence-corrected chi connectivity index (χ1v) is 8.30. The summed E-state index contributed by atoms with van der Waals surface area (Å²) in [4.78, 5) is 16.3. The second-order valence-electron chi connectivity index (χ2n) is 5.26. The first-order valence-electron chi connectivity index (χ1n) is 7.04. The van der Waals surface area contributed by atoms with Gasteiger partial charge in [-0.3, -0.25) is 4.79 Å². The summed E-state index contributed by atoms with van der Waals surface area (Å²) in [6.07, 6.45) is 2.19. The second kappa shape index (κ2) is 7.57. The lowest BCUT2D eigenvalue weighted by molar-refractivity contribution is -0.116. The SMILES string of the molecule is CC(C)c1csc(NC(=O)CCCc2ccc(Cl)cc2)n1. The van der Waals surface area contributed by atoms with Crippen molar-refractivity contribution in [1.29, 1.82) is 0 Å². The number of aryl methyl sites for hydroxylation is 1. The third-order valence-electron chi connectivity index (χ3n) is 3.14. The molecule has 1 heterocycles. The van der Waals surface area contributed by atoms with Gasteiger partial charge in [0.15, 0.2) is 5.13 Å². The average Bonchev–Trinajstić information content (AvgIpc) is 2.90. The van der Waals surface area contributed by atoms with Crippen molar-refractivity contribution < 1.29 is 4.79 Å². The molecule has 1 aromatic carbocycles. The number of halogens is 1. The number of thiazole rings is 1. The maximum atomic E-state index is 11.9. The zero-order valence-electron chi connectivity index (χ0n) is 12.2. The topological polar surface area (TPSA) is 42.0 Å². The van der Waals surface area contributed by atoms with Gasteiger partial charge in [0.1, 0.15) is 0 Å². The number of hydrogen-bond acceptors (Lipinski definition) is 3. The Hall–Kier alpha value is -1.39. The third kappa shape index (κ3) is 5.14. The molecular formula is C16H19ClN2OS. The lowest BCUT2D eigenvalue weighted by Crippen LogP contribution is -2.11. The summed E-state index contributed by atoms with van der Waals surface area (Å²) in [7, 11) is 0. The summed E-state index contributed by atoms with van der Waals surface area (Å²) in [6.45, 7) is 4.18. The number of hydrogen-bond donors (Lipinski definition) is 1. The van der Waals surface area contributed by atoms with Crippen LogP contribution in [0.25, 0.3) is 0 Å². The number of rotatable bonds is 6. The molecule has 3 nitrogen and oxygen atoms in total. The lowest BCUT2D eigenvalue weighted by Gasteiger charge is -2.03. The van der Waals surface area contributed by atoms with Gasteiger partial charge >= 0.3 is 0 Å². The number of nitrogens with one attached hydrogen (secondary N) is 1. The lowest BCUT2D eigenvalue weighted by atomic mass is 10.1. The summed E-state index contributed by atoms with van der Waals surface area (Å²) >= 11 is 7.32. The van der Waals surface area contributed by atoms with Crippen LogP contribution in [0.1, 0.15) is 43.9 Å². The average molecular weight is 323 g/mol. The molecule has 0 unspecified atom stereocenters. The molecule has 5 heteroatoms. The van der Waals surface area contributed by atoms with E-state index in [0.717, 1.165) is 23.6 Å². The number of amides is 1. The minimum Gasteiger partial charge on any atom is -0.302 e. The van der Waals surface area contributed by atoms with Crippen molar-refractivity contribution in [2.45, 2.75) is 39.0 Å². The number of anilines is 1. The van der Waals surface area contributed by atoms with Crippen molar-refractivity contribution in [3.05, 3.63) is 45.9 Å². The molecule has 0 aliphatic heterocycles. The molecule has 0 radical (unpaired) electrons. The smallest absolute Gasteiger partial charge is 0.226 e. The van der Waals surface area contributed by atoms with Gasteiger partial charge < -0.3 is 5.32 Å². The van der Waals surface area contributed by atoms with E-state index in [1.165, 1.54) is 16.9 Å². The Morgan fingerprint density at radius 2 is 2.05 bits per heavy atom. The summed E-state index contributed by atoms with van der Waals surface area (Å²) in [5, 5.41) is 6.28. The monoisotopic (exact) mass is 322 g/mol. The number of aromatic nitrogens is 1. The highest BCUT2D eigenvalue weighted by molar-refractivity contribution is 7.13. The van der Waals surface area contributed by atoms with Gasteiger partial charge in [0.2, 0.25) is 5.91 Å². The van der Waals surface area contributed by atoms with E-state index in [0.29, 0.717) is 17.5 Å². The van der Waals surface area contributed by atoms with E-state index in [1.54, 1.807) is 0 Å². The first-order chi connectivity index (χ1) is 10.0. The van der Waals surface area contributed by atoms with Crippen LogP contribution in [-0.4, -0.2) is 10.9 Å². The van der Waals surface area contributed by atoms with Crippen LogP contribution in [0.3, 0.4) is 0 Å². The minimum atomic E-state index is 0.0219. The summed E-state index contributed by atoms with van der Waals surface area (Å²) in [5.74, 6) is 0.408. The van der Waals surface area contributed by atoms with Gasteiger partial charge in [-0.25, -0.2) is 4.98 Å². The summed E-state index contributed by atoms with van der Waals surface area (Å²) in [5.41, 5.74) is 2.22. The van der Waals surface area contributed by atoms with E-state index in [4.69, 9.17) is 11.6 Å². The van der Waals surface area contributed by atoms with E-state index in [2.05, 4.69) is 24.1 Å². The first kappa shape index (κ1) is 16.0. The van der Waals surface area contributed by atoms with Crippen LogP contribution in [0.5, 0.6) is 0 Å². The van der Waals surface area contributed by atoms with Crippen LogP contribution in [0, 0.1) is 0 Å². The van der Waals surface area contributed by atoms with Gasteiger partial charge in [0.05, 0.1) is 5.69 Å². The van der Waals surface area contributed by atoms with Gasteiger partial charge in [0, 0.05) is 16.8 Å². The van der Waals surface area contributed by atoms with Crippen LogP contribution >= 0.6 is 22.9 Å². The minimum absolute atomic E-state index is 0.0219. The molecule has 0 spiro atoms. The normalized spacial score (nSPS) is 10.9. The zero-order chi connectivity index (χ0) is 15.2. The Labute approximate surface area is 134 Å². The van der Waals surface area contributed by atoms with Crippen LogP contribution in [0.2, 0.25) is 5.02 Å². The summed E-state index contributed by atoms with van der Waals surface area (Å²) in [6, 6.07) is 7.74. The van der Waals surface area contributed by atoms with Gasteiger partial charge in [-0.15, -0.1) is 11.3 Å². The van der Waals surface area contributed by atoms with Crippen molar-refractivity contribution in [1.82, 2.24) is 4.98 Å². The van der Waals surface area contributed by atoms with Crippen molar-refractivity contribution in [3.8, 4) is 0 Å². The molecule has 2 aromatic rings. The Morgan fingerprint density at radius 1 is 1.33 bits per heavy atom. The van der Waals surface area contributed by atoms with Crippen LogP contribution in [0.15, 0.2) is 29.6 Å². The molecule has 112 valence electrons. The highest BCUT2D eigenvalue weighted by Gasteiger charge is 2.08. The predicted octanol–water partition coefficient (Wildman–Crippen LogP) is 4.88. The van der Waals surface area contributed by atoms with Gasteiger partial charge in [0.25, 0.3) is 0 Å². The van der Waals surface area contributed by atoms with Gasteiger partial charge in [-0.05, 0) is 36.5 Å². The van der Waals surface area contributed by atoms with Crippen LogP contribution < -0.4 is 5.32 Å². The number of nitrogens with zero attached hydrogens (tertiary/aromatic N) is 1. The highest BCUT2D eigenvalue weighted by atomic mass is 35.5. The van der Waals surface area contributed by atoms with E-state index in [9.17, 15) is 4.79 Å². The Bertz CT molecular complexity index is 593. The number of carbonyl (C=O) groups is 1. The van der Waals surface area contributed by atoms with Crippen LogP contribution in [-0.2, 0) is 11.2 Å². The molecule has 0 aliphatic rings. The standard InChI is InChI=1S/C16H19ClN2OS/c1-11(2)14-10-21-16(18-14)19-15(20)5-3-4-12-6-8-13(17)9-7-12/h6-11H,3-5H2,1-2H3,(H,18,19,20). The molecule has 0 saturated carbocycles. The molecule has 0 atom stereocenters. The zero-order valence-corrected chi connectivity index (χ0v) is 13.8. The second-order valence-corrected chi connectivity index (χ2v) is 6.55. The maximum Gasteiger partial charge on any atom is 0.226 e. The van der Waals surface area contributed by atoms with Crippen molar-refractivity contribution >= 4 is 34.0 Å². The largest absolute Gasteiger partial charge is 0.302 e. The van der Waals surface area contributed by atoms with E-state index >= 15 is 0 Å². The molecule has 0 fully saturated rings. The fourth-order valence-corrected chi connectivity index (χ4v) is 2.91. The number of carbonyl (C=O) groups excluding carboxylic acids is 1. The predicted molar refractivity (Wildman–Crippen MR) is 89.2 cm³/mol. The molecule has 0 bridgehead atoms. The fraction of sp³-hybridized carbons (Fsp3) is 0.375. The van der Waals surface area contributed by atoms with Gasteiger partial charge in [-0.2, -0.15) is 0 Å². The Morgan fingerprint density at radius 3 is 2.67 bits per heavy atom. The molecule has 21 heavy (non-hydrogen) atoms. The maximum absolute atomic E-state index is 11.9. The molecule has 2 rings (SSSR count). The van der Waals surface area contributed by atoms with E-state index in [-0.39, 0.29) is 5.91 Å². The number of benzene rings is 1. The Balaban J connectivity index is 1.75. The summed E-state index contributed by atoms with van der Waals surface area (Å²) < 4.78 is 0. The fourth-order valence-electron chi connectivity index (χ4n) is 1.89. The molecule has 0 saturated heterocycles. The quantitative estimate of drug-likeness (QED) is 0.823. The molecule has 1 aromatic heterocycles. The molecule has 1 amide bonds. The highest BCUT2D eigenvalue weighted by Crippen LogP contribution is 2.21. The van der Waals surface area contributed by atoms with Crippen molar-refractivity contribution in [2.24, 2.45) is 0 Å².